The van der Waals surface area contributed by atoms with E-state index in [1.165, 1.54) is 18.4 Å². The summed E-state index contributed by atoms with van der Waals surface area (Å²) in [7, 11) is 3.05. The molecule has 1 fully saturated rings. The van der Waals surface area contributed by atoms with Crippen molar-refractivity contribution < 1.29 is 19.1 Å². The molecule has 1 atom stereocenters. The van der Waals surface area contributed by atoms with E-state index in [4.69, 9.17) is 9.47 Å². The van der Waals surface area contributed by atoms with E-state index in [0.29, 0.717) is 35.2 Å². The zero-order valence-electron chi connectivity index (χ0n) is 14.0. The summed E-state index contributed by atoms with van der Waals surface area (Å²) < 4.78 is 10.5. The second-order valence-corrected chi connectivity index (χ2v) is 6.44. The van der Waals surface area contributed by atoms with E-state index < -0.39 is 6.04 Å². The number of carbonyl (C=O) groups excluding carboxylic acids is 2. The summed E-state index contributed by atoms with van der Waals surface area (Å²) in [6, 6.07) is 4.52. The Morgan fingerprint density at radius 3 is 2.84 bits per heavy atom. The molecule has 0 bridgehead atoms. The number of carbonyl (C=O) groups is 2. The van der Waals surface area contributed by atoms with Crippen LogP contribution in [0.1, 0.15) is 23.2 Å². The van der Waals surface area contributed by atoms with Gasteiger partial charge in [-0.15, -0.1) is 11.3 Å². The van der Waals surface area contributed by atoms with Crippen LogP contribution in [0.3, 0.4) is 0 Å². The molecule has 1 aliphatic heterocycles. The molecule has 7 nitrogen and oxygen atoms in total. The quantitative estimate of drug-likeness (QED) is 0.884. The van der Waals surface area contributed by atoms with Crippen LogP contribution in [-0.4, -0.2) is 48.5 Å². The number of nitrogens with one attached hydrogen (secondary N) is 1. The molecular weight excluding hydrogens is 342 g/mol. The molecule has 1 aliphatic rings. The first-order valence-corrected chi connectivity index (χ1v) is 8.75. The van der Waals surface area contributed by atoms with Crippen LogP contribution in [0.25, 0.3) is 0 Å². The topological polar surface area (TPSA) is 80.8 Å². The molecule has 1 saturated heterocycles. The maximum atomic E-state index is 13.0. The maximum absolute atomic E-state index is 13.0. The van der Waals surface area contributed by atoms with Crippen molar-refractivity contribution in [2.24, 2.45) is 0 Å². The Balaban J connectivity index is 1.80. The SMILES string of the molecule is COc1ccc(C(=O)N2CCCC2C(=O)Nc2nccs2)c(OC)c1. The minimum Gasteiger partial charge on any atom is -0.497 e. The van der Waals surface area contributed by atoms with Crippen LogP contribution in [0.2, 0.25) is 0 Å². The predicted molar refractivity (Wildman–Crippen MR) is 94.3 cm³/mol. The van der Waals surface area contributed by atoms with Gasteiger partial charge in [-0.3, -0.25) is 9.59 Å². The van der Waals surface area contributed by atoms with Gasteiger partial charge in [0, 0.05) is 24.2 Å². The van der Waals surface area contributed by atoms with Crippen LogP contribution in [0, 0.1) is 0 Å². The Morgan fingerprint density at radius 1 is 1.32 bits per heavy atom. The third-order valence-corrected chi connectivity index (χ3v) is 4.81. The molecule has 1 N–H and O–H groups in total. The van der Waals surface area contributed by atoms with Crippen molar-refractivity contribution in [3.63, 3.8) is 0 Å². The lowest BCUT2D eigenvalue weighted by Crippen LogP contribution is -2.43. The van der Waals surface area contributed by atoms with E-state index >= 15 is 0 Å². The standard InChI is InChI=1S/C17H19N3O4S/c1-23-11-5-6-12(14(10-11)24-2)16(22)20-8-3-4-13(20)15(21)19-17-18-7-9-25-17/h5-7,9-10,13H,3-4,8H2,1-2H3,(H,18,19,21). The van der Waals surface area contributed by atoms with Gasteiger partial charge in [0.2, 0.25) is 5.91 Å². The number of ether oxygens (including phenoxy) is 2. The fourth-order valence-electron chi connectivity index (χ4n) is 2.89. The van der Waals surface area contributed by atoms with E-state index in [-0.39, 0.29) is 11.8 Å². The number of methoxy groups -OCH3 is 2. The minimum atomic E-state index is -0.511. The second kappa shape index (κ2) is 7.52. The zero-order valence-corrected chi connectivity index (χ0v) is 14.8. The van der Waals surface area contributed by atoms with Gasteiger partial charge in [0.1, 0.15) is 17.5 Å². The molecule has 1 unspecified atom stereocenters. The number of likely N-dealkylation sites (tertiary alicyclic amines) is 1. The zero-order chi connectivity index (χ0) is 17.8. The average Bonchev–Trinajstić information content (AvgIpc) is 3.32. The Labute approximate surface area is 149 Å². The minimum absolute atomic E-state index is 0.215. The molecule has 0 aliphatic carbocycles. The van der Waals surface area contributed by atoms with Gasteiger partial charge in [0.15, 0.2) is 5.13 Å². The number of nitrogens with zero attached hydrogens (tertiary/aromatic N) is 2. The first-order chi connectivity index (χ1) is 12.1. The van der Waals surface area contributed by atoms with E-state index in [2.05, 4.69) is 10.3 Å². The first kappa shape index (κ1) is 17.2. The molecule has 8 heteroatoms. The molecule has 132 valence electrons. The molecular formula is C17H19N3O4S. The Kier molecular flexibility index (Phi) is 5.18. The lowest BCUT2D eigenvalue weighted by molar-refractivity contribution is -0.119. The lowest BCUT2D eigenvalue weighted by Gasteiger charge is -2.24. The molecule has 0 saturated carbocycles. The largest absolute Gasteiger partial charge is 0.497 e. The molecule has 2 heterocycles. The highest BCUT2D eigenvalue weighted by Crippen LogP contribution is 2.29. The highest BCUT2D eigenvalue weighted by atomic mass is 32.1. The summed E-state index contributed by atoms with van der Waals surface area (Å²) >= 11 is 1.35. The highest BCUT2D eigenvalue weighted by Gasteiger charge is 2.35. The van der Waals surface area contributed by atoms with Gasteiger partial charge in [0.05, 0.1) is 19.8 Å². The van der Waals surface area contributed by atoms with Gasteiger partial charge in [0.25, 0.3) is 5.91 Å². The fraction of sp³-hybridized carbons (Fsp3) is 0.353. The number of thiazole rings is 1. The monoisotopic (exact) mass is 361 g/mol. The van der Waals surface area contributed by atoms with Crippen molar-refractivity contribution in [3.8, 4) is 11.5 Å². The normalized spacial score (nSPS) is 16.6. The van der Waals surface area contributed by atoms with Gasteiger partial charge in [-0.25, -0.2) is 4.98 Å². The summed E-state index contributed by atoms with van der Waals surface area (Å²) in [6.07, 6.45) is 3.03. The summed E-state index contributed by atoms with van der Waals surface area (Å²) in [4.78, 5) is 31.1. The first-order valence-electron chi connectivity index (χ1n) is 7.87. The predicted octanol–water partition coefficient (Wildman–Crippen LogP) is 2.40. The van der Waals surface area contributed by atoms with Crippen LogP contribution >= 0.6 is 11.3 Å². The van der Waals surface area contributed by atoms with Gasteiger partial charge >= 0.3 is 0 Å². The maximum Gasteiger partial charge on any atom is 0.258 e. The summed E-state index contributed by atoms with van der Waals surface area (Å²) in [5.74, 6) is 0.591. The number of rotatable bonds is 5. The van der Waals surface area contributed by atoms with Gasteiger partial charge in [-0.2, -0.15) is 0 Å². The Hall–Kier alpha value is -2.61. The molecule has 1 aromatic carbocycles. The number of amides is 2. The number of hydrogen-bond donors (Lipinski definition) is 1. The van der Waals surface area contributed by atoms with Gasteiger partial charge < -0.3 is 19.7 Å². The molecule has 0 spiro atoms. The third kappa shape index (κ3) is 3.58. The second-order valence-electron chi connectivity index (χ2n) is 5.55. The van der Waals surface area contributed by atoms with Crippen molar-refractivity contribution in [1.82, 2.24) is 9.88 Å². The van der Waals surface area contributed by atoms with E-state index in [9.17, 15) is 9.59 Å². The van der Waals surface area contributed by atoms with Gasteiger partial charge in [-0.05, 0) is 25.0 Å². The highest BCUT2D eigenvalue weighted by molar-refractivity contribution is 7.13. The van der Waals surface area contributed by atoms with Crippen molar-refractivity contribution in [2.75, 3.05) is 26.1 Å². The van der Waals surface area contributed by atoms with Crippen LogP contribution in [0.4, 0.5) is 5.13 Å². The van der Waals surface area contributed by atoms with Crippen molar-refractivity contribution >= 4 is 28.3 Å². The van der Waals surface area contributed by atoms with Crippen LogP contribution in [0.15, 0.2) is 29.8 Å². The van der Waals surface area contributed by atoms with Crippen molar-refractivity contribution in [1.29, 1.82) is 0 Å². The average molecular weight is 361 g/mol. The van der Waals surface area contributed by atoms with Crippen LogP contribution < -0.4 is 14.8 Å². The van der Waals surface area contributed by atoms with E-state index in [0.717, 1.165) is 6.42 Å². The smallest absolute Gasteiger partial charge is 0.258 e. The molecule has 0 radical (unpaired) electrons. The number of aromatic nitrogens is 1. The molecule has 3 rings (SSSR count). The lowest BCUT2D eigenvalue weighted by atomic mass is 10.1. The summed E-state index contributed by atoms with van der Waals surface area (Å²) in [5.41, 5.74) is 0.414. The van der Waals surface area contributed by atoms with Gasteiger partial charge in [-0.1, -0.05) is 0 Å². The van der Waals surface area contributed by atoms with Crippen molar-refractivity contribution in [2.45, 2.75) is 18.9 Å². The third-order valence-electron chi connectivity index (χ3n) is 4.12. The molecule has 1 aromatic heterocycles. The number of anilines is 1. The molecule has 2 amide bonds. The number of benzene rings is 1. The summed E-state index contributed by atoms with van der Waals surface area (Å²) in [6.45, 7) is 0.532. The molecule has 25 heavy (non-hydrogen) atoms. The Bertz CT molecular complexity index is 763. The van der Waals surface area contributed by atoms with E-state index in [1.807, 2.05) is 0 Å². The van der Waals surface area contributed by atoms with Crippen LogP contribution in [0.5, 0.6) is 11.5 Å². The number of hydrogen-bond acceptors (Lipinski definition) is 6. The molecule has 2 aromatic rings. The Morgan fingerprint density at radius 2 is 2.16 bits per heavy atom. The van der Waals surface area contributed by atoms with E-state index in [1.54, 1.807) is 41.8 Å². The van der Waals surface area contributed by atoms with Crippen molar-refractivity contribution in [3.05, 3.63) is 35.3 Å². The van der Waals surface area contributed by atoms with Crippen LogP contribution in [-0.2, 0) is 4.79 Å². The summed E-state index contributed by atoms with van der Waals surface area (Å²) in [5, 5.41) is 5.09. The fourth-order valence-corrected chi connectivity index (χ4v) is 3.42.